The average molecular weight is 274 g/mol. The molecule has 1 aromatic heterocycles. The Morgan fingerprint density at radius 2 is 2.16 bits per heavy atom. The van der Waals surface area contributed by atoms with E-state index >= 15 is 0 Å². The maximum Gasteiger partial charge on any atom is 0.330 e. The van der Waals surface area contributed by atoms with Gasteiger partial charge in [0.25, 0.3) is 5.56 Å². The van der Waals surface area contributed by atoms with E-state index in [1.54, 1.807) is 6.92 Å². The Bertz CT molecular complexity index is 577. The minimum atomic E-state index is -1.17. The van der Waals surface area contributed by atoms with Crippen molar-refractivity contribution in [2.45, 2.75) is 25.2 Å². The molecule has 7 nitrogen and oxygen atoms in total. The van der Waals surface area contributed by atoms with Gasteiger partial charge in [0.15, 0.2) is 0 Å². The lowest BCUT2D eigenvalue weighted by atomic mass is 9.90. The topological polar surface area (TPSA) is 105 Å². The zero-order valence-corrected chi connectivity index (χ0v) is 10.3. The Labute approximate surface area is 107 Å². The molecular weight excluding hydrogens is 259 g/mol. The van der Waals surface area contributed by atoms with Crippen LogP contribution in [0.4, 0.5) is 4.39 Å². The van der Waals surface area contributed by atoms with Crippen LogP contribution in [0.1, 0.15) is 19.6 Å². The van der Waals surface area contributed by atoms with Crippen LogP contribution in [0, 0.1) is 11.7 Å². The number of aromatic amines is 1. The summed E-state index contributed by atoms with van der Waals surface area (Å²) in [5.41, 5.74) is -3.06. The third-order valence-corrected chi connectivity index (χ3v) is 3.59. The third kappa shape index (κ3) is 2.22. The van der Waals surface area contributed by atoms with E-state index in [2.05, 4.69) is 0 Å². The predicted octanol–water partition coefficient (Wildman–Crippen LogP) is -1.05. The number of nitrogens with zero attached hydrogens (tertiary/aromatic N) is 1. The SMILES string of the molecule is C[C@H]1C[C@H](n2cc(F)c(=O)[nH]c2=O)OC1(CO)CO. The molecule has 0 aromatic carbocycles. The van der Waals surface area contributed by atoms with Gasteiger partial charge in [-0.3, -0.25) is 14.3 Å². The Balaban J connectivity index is 2.38. The Morgan fingerprint density at radius 1 is 1.53 bits per heavy atom. The Morgan fingerprint density at radius 3 is 2.68 bits per heavy atom. The molecule has 0 aliphatic carbocycles. The lowest BCUT2D eigenvalue weighted by Gasteiger charge is -2.28. The lowest BCUT2D eigenvalue weighted by molar-refractivity contribution is -0.134. The van der Waals surface area contributed by atoms with E-state index in [0.29, 0.717) is 6.42 Å². The van der Waals surface area contributed by atoms with E-state index in [9.17, 15) is 24.2 Å². The second-order valence-electron chi connectivity index (χ2n) is 4.73. The van der Waals surface area contributed by atoms with Crippen LogP contribution < -0.4 is 11.2 Å². The fourth-order valence-electron chi connectivity index (χ4n) is 2.23. The zero-order chi connectivity index (χ0) is 14.2. The summed E-state index contributed by atoms with van der Waals surface area (Å²) in [7, 11) is 0. The van der Waals surface area contributed by atoms with Crippen LogP contribution in [0.15, 0.2) is 15.8 Å². The fourth-order valence-corrected chi connectivity index (χ4v) is 2.23. The molecule has 0 bridgehead atoms. The van der Waals surface area contributed by atoms with Crippen molar-refractivity contribution in [1.82, 2.24) is 9.55 Å². The van der Waals surface area contributed by atoms with Crippen molar-refractivity contribution in [2.24, 2.45) is 5.92 Å². The van der Waals surface area contributed by atoms with Crippen molar-refractivity contribution in [3.05, 3.63) is 32.9 Å². The van der Waals surface area contributed by atoms with E-state index in [4.69, 9.17) is 4.74 Å². The summed E-state index contributed by atoms with van der Waals surface area (Å²) in [5.74, 6) is -1.32. The first kappa shape index (κ1) is 13.9. The Kier molecular flexibility index (Phi) is 3.57. The van der Waals surface area contributed by atoms with Crippen LogP contribution in [0.5, 0.6) is 0 Å². The summed E-state index contributed by atoms with van der Waals surface area (Å²) in [6.45, 7) is 0.920. The lowest BCUT2D eigenvalue weighted by Crippen LogP contribution is -2.43. The number of aromatic nitrogens is 2. The van der Waals surface area contributed by atoms with E-state index in [1.807, 2.05) is 4.98 Å². The predicted molar refractivity (Wildman–Crippen MR) is 62.1 cm³/mol. The van der Waals surface area contributed by atoms with Gasteiger partial charge < -0.3 is 14.9 Å². The van der Waals surface area contributed by atoms with Crippen molar-refractivity contribution in [2.75, 3.05) is 13.2 Å². The van der Waals surface area contributed by atoms with Gasteiger partial charge in [-0.1, -0.05) is 6.92 Å². The monoisotopic (exact) mass is 274 g/mol. The molecule has 1 fully saturated rings. The summed E-state index contributed by atoms with van der Waals surface area (Å²) in [5, 5.41) is 18.6. The molecule has 2 rings (SSSR count). The van der Waals surface area contributed by atoms with Gasteiger partial charge in [0.05, 0.1) is 19.4 Å². The molecule has 3 N–H and O–H groups in total. The summed E-state index contributed by atoms with van der Waals surface area (Å²) in [6.07, 6.45) is 0.240. The third-order valence-electron chi connectivity index (χ3n) is 3.59. The highest BCUT2D eigenvalue weighted by Crippen LogP contribution is 2.40. The van der Waals surface area contributed by atoms with E-state index in [1.165, 1.54) is 0 Å². The van der Waals surface area contributed by atoms with Crippen LogP contribution >= 0.6 is 0 Å². The minimum absolute atomic E-state index is 0.227. The van der Waals surface area contributed by atoms with Crippen LogP contribution in [-0.4, -0.2) is 38.6 Å². The summed E-state index contributed by atoms with van der Waals surface area (Å²) < 4.78 is 19.6. The van der Waals surface area contributed by atoms with Gasteiger partial charge in [-0.2, -0.15) is 4.39 Å². The number of aliphatic hydroxyl groups is 2. The number of hydrogen-bond acceptors (Lipinski definition) is 5. The average Bonchev–Trinajstić information content (AvgIpc) is 2.71. The zero-order valence-electron chi connectivity index (χ0n) is 10.3. The molecule has 106 valence electrons. The largest absolute Gasteiger partial charge is 0.393 e. The van der Waals surface area contributed by atoms with Gasteiger partial charge in [0.2, 0.25) is 5.82 Å². The smallest absolute Gasteiger partial charge is 0.330 e. The van der Waals surface area contributed by atoms with E-state index in [0.717, 1.165) is 10.8 Å². The van der Waals surface area contributed by atoms with Crippen molar-refractivity contribution in [1.29, 1.82) is 0 Å². The van der Waals surface area contributed by atoms with Crippen molar-refractivity contribution in [3.63, 3.8) is 0 Å². The van der Waals surface area contributed by atoms with Crippen LogP contribution in [-0.2, 0) is 4.74 Å². The summed E-state index contributed by atoms with van der Waals surface area (Å²) in [6, 6.07) is 0. The van der Waals surface area contributed by atoms with Gasteiger partial charge in [0, 0.05) is 0 Å². The second-order valence-corrected chi connectivity index (χ2v) is 4.73. The van der Waals surface area contributed by atoms with Gasteiger partial charge in [0.1, 0.15) is 11.8 Å². The molecule has 19 heavy (non-hydrogen) atoms. The first-order chi connectivity index (χ1) is 8.93. The normalized spacial score (nSPS) is 25.7. The maximum absolute atomic E-state index is 13.2. The summed E-state index contributed by atoms with van der Waals surface area (Å²) >= 11 is 0. The quantitative estimate of drug-likeness (QED) is 0.652. The van der Waals surface area contributed by atoms with Crippen LogP contribution in [0.3, 0.4) is 0 Å². The molecule has 0 saturated carbocycles. The molecule has 2 heterocycles. The molecule has 1 aliphatic heterocycles. The number of rotatable bonds is 3. The number of aliphatic hydroxyl groups excluding tert-OH is 2. The highest BCUT2D eigenvalue weighted by atomic mass is 19.1. The second kappa shape index (κ2) is 4.87. The number of H-pyrrole nitrogens is 1. The standard InChI is InChI=1S/C11H15FN2O5/c1-6-2-8(19-11(6,4-15)5-16)14-3-7(12)9(17)13-10(14)18/h3,6,8,15-16H,2,4-5H2,1H3,(H,13,17,18)/t6-,8+/m0/s1. The van der Waals surface area contributed by atoms with Crippen LogP contribution in [0.25, 0.3) is 0 Å². The molecule has 0 amide bonds. The van der Waals surface area contributed by atoms with Gasteiger partial charge in [-0.25, -0.2) is 4.79 Å². The van der Waals surface area contributed by atoms with Crippen LogP contribution in [0.2, 0.25) is 0 Å². The van der Waals surface area contributed by atoms with Crippen molar-refractivity contribution in [3.8, 4) is 0 Å². The molecule has 1 aromatic rings. The molecule has 1 saturated heterocycles. The molecular formula is C11H15FN2O5. The number of hydrogen-bond donors (Lipinski definition) is 3. The van der Waals surface area contributed by atoms with Gasteiger partial charge in [-0.05, 0) is 12.3 Å². The van der Waals surface area contributed by atoms with Crippen molar-refractivity contribution < 1.29 is 19.3 Å². The first-order valence-corrected chi connectivity index (χ1v) is 5.84. The van der Waals surface area contributed by atoms with Crippen molar-refractivity contribution >= 4 is 0 Å². The number of ether oxygens (including phenoxy) is 1. The molecule has 0 spiro atoms. The fraction of sp³-hybridized carbons (Fsp3) is 0.636. The molecule has 0 radical (unpaired) electrons. The highest BCUT2D eigenvalue weighted by molar-refractivity contribution is 4.95. The summed E-state index contributed by atoms with van der Waals surface area (Å²) in [4.78, 5) is 24.4. The maximum atomic E-state index is 13.2. The molecule has 8 heteroatoms. The highest BCUT2D eigenvalue weighted by Gasteiger charge is 2.46. The molecule has 1 aliphatic rings. The van der Waals surface area contributed by atoms with E-state index < -0.39 is 42.1 Å². The van der Waals surface area contributed by atoms with E-state index in [-0.39, 0.29) is 5.92 Å². The van der Waals surface area contributed by atoms with Gasteiger partial charge >= 0.3 is 5.69 Å². The van der Waals surface area contributed by atoms with Gasteiger partial charge in [-0.15, -0.1) is 0 Å². The number of nitrogens with one attached hydrogen (secondary N) is 1. The first-order valence-electron chi connectivity index (χ1n) is 5.84. The minimum Gasteiger partial charge on any atom is -0.393 e. The Hall–Kier alpha value is -1.51. The number of halogens is 1. The molecule has 2 atom stereocenters. The molecule has 0 unspecified atom stereocenters.